The summed E-state index contributed by atoms with van der Waals surface area (Å²) in [6.07, 6.45) is 0.952. The van der Waals surface area contributed by atoms with Gasteiger partial charge in [-0.25, -0.2) is 0 Å². The molecule has 4 heteroatoms. The number of nitrogens with zero attached hydrogens (tertiary/aromatic N) is 1. The summed E-state index contributed by atoms with van der Waals surface area (Å²) in [4.78, 5) is 13.9. The van der Waals surface area contributed by atoms with Crippen LogP contribution in [0.4, 0.5) is 11.4 Å². The van der Waals surface area contributed by atoms with Crippen LogP contribution in [0.25, 0.3) is 0 Å². The average molecular weight is 283 g/mol. The third kappa shape index (κ3) is 1.61. The van der Waals surface area contributed by atoms with Gasteiger partial charge in [-0.1, -0.05) is 6.92 Å². The minimum absolute atomic E-state index is 0.0570. The zero-order valence-corrected chi connectivity index (χ0v) is 11.0. The highest BCUT2D eigenvalue weighted by atomic mass is 79.9. The fourth-order valence-electron chi connectivity index (χ4n) is 2.11. The van der Waals surface area contributed by atoms with E-state index in [1.165, 1.54) is 0 Å². The monoisotopic (exact) mass is 282 g/mol. The maximum atomic E-state index is 12.0. The van der Waals surface area contributed by atoms with Crippen molar-refractivity contribution in [2.75, 3.05) is 17.2 Å². The van der Waals surface area contributed by atoms with Gasteiger partial charge in [0.2, 0.25) is 5.91 Å². The molecule has 0 spiro atoms. The maximum absolute atomic E-state index is 12.0. The van der Waals surface area contributed by atoms with E-state index in [0.717, 1.165) is 28.7 Å². The Hall–Kier alpha value is -1.03. The van der Waals surface area contributed by atoms with E-state index >= 15 is 0 Å². The van der Waals surface area contributed by atoms with Crippen LogP contribution in [-0.4, -0.2) is 12.5 Å². The van der Waals surface area contributed by atoms with Gasteiger partial charge in [0.25, 0.3) is 0 Å². The summed E-state index contributed by atoms with van der Waals surface area (Å²) < 4.78 is 0.865. The number of benzene rings is 1. The quantitative estimate of drug-likeness (QED) is 0.848. The van der Waals surface area contributed by atoms with Crippen molar-refractivity contribution in [1.29, 1.82) is 0 Å². The third-order valence-corrected chi connectivity index (χ3v) is 3.67. The van der Waals surface area contributed by atoms with Gasteiger partial charge in [0.1, 0.15) is 0 Å². The second-order valence-corrected chi connectivity index (χ2v) is 5.00. The molecule has 3 nitrogen and oxygen atoms in total. The third-order valence-electron chi connectivity index (χ3n) is 2.99. The van der Waals surface area contributed by atoms with E-state index in [1.54, 1.807) is 0 Å². The standard InChI is InChI=1S/C12H15BrN2O/c1-3-4-15-11-6-10(14)9(13)5-8(11)7(2)12(15)16/h5-7H,3-4,14H2,1-2H3. The number of halogens is 1. The molecule has 0 aliphatic carbocycles. The predicted molar refractivity (Wildman–Crippen MR) is 69.6 cm³/mol. The van der Waals surface area contributed by atoms with Gasteiger partial charge in [0, 0.05) is 22.4 Å². The zero-order chi connectivity index (χ0) is 11.9. The fourth-order valence-corrected chi connectivity index (χ4v) is 2.47. The van der Waals surface area contributed by atoms with Crippen molar-refractivity contribution < 1.29 is 4.79 Å². The number of nitrogens with two attached hydrogens (primary N) is 1. The molecular weight excluding hydrogens is 268 g/mol. The van der Waals surface area contributed by atoms with Gasteiger partial charge >= 0.3 is 0 Å². The molecule has 1 unspecified atom stereocenters. The Bertz CT molecular complexity index is 445. The molecule has 16 heavy (non-hydrogen) atoms. The Morgan fingerprint density at radius 1 is 1.50 bits per heavy atom. The molecule has 86 valence electrons. The second-order valence-electron chi connectivity index (χ2n) is 4.14. The molecular formula is C12H15BrN2O. The van der Waals surface area contributed by atoms with Gasteiger partial charge in [-0.2, -0.15) is 0 Å². The van der Waals surface area contributed by atoms with Crippen molar-refractivity contribution in [1.82, 2.24) is 0 Å². The highest BCUT2D eigenvalue weighted by molar-refractivity contribution is 9.10. The predicted octanol–water partition coefficient (Wildman–Crippen LogP) is 2.89. The number of carbonyl (C=O) groups is 1. The van der Waals surface area contributed by atoms with Crippen molar-refractivity contribution in [2.24, 2.45) is 0 Å². The molecule has 1 aromatic carbocycles. The van der Waals surface area contributed by atoms with Crippen molar-refractivity contribution in [3.05, 3.63) is 22.2 Å². The molecule has 1 aliphatic heterocycles. The van der Waals surface area contributed by atoms with Crippen LogP contribution in [0, 0.1) is 0 Å². The molecule has 2 N–H and O–H groups in total. The van der Waals surface area contributed by atoms with Gasteiger partial charge in [-0.15, -0.1) is 0 Å². The van der Waals surface area contributed by atoms with Gasteiger partial charge in [-0.05, 0) is 47.0 Å². The number of amides is 1. The van der Waals surface area contributed by atoms with Crippen molar-refractivity contribution in [3.63, 3.8) is 0 Å². The van der Waals surface area contributed by atoms with Crippen molar-refractivity contribution in [2.45, 2.75) is 26.2 Å². The van der Waals surface area contributed by atoms with Crippen molar-refractivity contribution in [3.8, 4) is 0 Å². The zero-order valence-electron chi connectivity index (χ0n) is 9.46. The Kier molecular flexibility index (Phi) is 2.93. The molecule has 1 aliphatic rings. The lowest BCUT2D eigenvalue weighted by molar-refractivity contribution is -0.118. The summed E-state index contributed by atoms with van der Waals surface area (Å²) in [5, 5.41) is 0. The summed E-state index contributed by atoms with van der Waals surface area (Å²) >= 11 is 3.40. The fraction of sp³-hybridized carbons (Fsp3) is 0.417. The Morgan fingerprint density at radius 3 is 2.81 bits per heavy atom. The first-order valence-corrected chi connectivity index (χ1v) is 6.25. The molecule has 0 saturated carbocycles. The van der Waals surface area contributed by atoms with Crippen LogP contribution in [0.15, 0.2) is 16.6 Å². The van der Waals surface area contributed by atoms with Crippen LogP contribution in [0.1, 0.15) is 31.7 Å². The summed E-state index contributed by atoms with van der Waals surface area (Å²) in [5.74, 6) is 0.118. The molecule has 2 rings (SSSR count). The Balaban J connectivity index is 2.52. The minimum atomic E-state index is -0.0570. The van der Waals surface area contributed by atoms with Crippen LogP contribution in [0.3, 0.4) is 0 Å². The molecule has 1 atom stereocenters. The average Bonchev–Trinajstić information content (AvgIpc) is 2.46. The molecule has 0 saturated heterocycles. The summed E-state index contributed by atoms with van der Waals surface area (Å²) in [6.45, 7) is 4.77. The van der Waals surface area contributed by atoms with Crippen LogP contribution in [0.5, 0.6) is 0 Å². The molecule has 0 radical (unpaired) electrons. The largest absolute Gasteiger partial charge is 0.398 e. The highest BCUT2D eigenvalue weighted by Crippen LogP contribution is 2.41. The molecule has 1 aromatic rings. The lowest BCUT2D eigenvalue weighted by Crippen LogP contribution is -2.28. The number of hydrogen-bond acceptors (Lipinski definition) is 2. The van der Waals surface area contributed by atoms with Gasteiger partial charge < -0.3 is 10.6 Å². The molecule has 0 aromatic heterocycles. The van der Waals surface area contributed by atoms with E-state index < -0.39 is 0 Å². The van der Waals surface area contributed by atoms with E-state index in [1.807, 2.05) is 24.0 Å². The normalized spacial score (nSPS) is 19.1. The van der Waals surface area contributed by atoms with Gasteiger partial charge in [0.15, 0.2) is 0 Å². The molecule has 0 bridgehead atoms. The molecule has 1 amide bonds. The summed E-state index contributed by atoms with van der Waals surface area (Å²) in [5.41, 5.74) is 8.58. The first-order valence-electron chi connectivity index (χ1n) is 5.46. The topological polar surface area (TPSA) is 46.3 Å². The smallest absolute Gasteiger partial charge is 0.234 e. The van der Waals surface area contributed by atoms with E-state index in [9.17, 15) is 4.79 Å². The minimum Gasteiger partial charge on any atom is -0.398 e. The number of anilines is 2. The van der Waals surface area contributed by atoms with Gasteiger partial charge in [-0.3, -0.25) is 4.79 Å². The summed E-state index contributed by atoms with van der Waals surface area (Å²) in [7, 11) is 0. The number of fused-ring (bicyclic) bond motifs is 1. The van der Waals surface area contributed by atoms with Crippen LogP contribution in [-0.2, 0) is 4.79 Å². The first kappa shape index (κ1) is 11.5. The Morgan fingerprint density at radius 2 is 2.19 bits per heavy atom. The second kappa shape index (κ2) is 4.09. The molecule has 0 fully saturated rings. The van der Waals surface area contributed by atoms with E-state index in [4.69, 9.17) is 5.73 Å². The SMILES string of the molecule is CCCN1C(=O)C(C)c2cc(Br)c(N)cc21. The van der Waals surface area contributed by atoms with E-state index in [2.05, 4.69) is 22.9 Å². The summed E-state index contributed by atoms with van der Waals surface area (Å²) in [6, 6.07) is 3.85. The lowest BCUT2D eigenvalue weighted by Gasteiger charge is -2.17. The maximum Gasteiger partial charge on any atom is 0.234 e. The van der Waals surface area contributed by atoms with Crippen LogP contribution >= 0.6 is 15.9 Å². The number of nitrogen functional groups attached to an aromatic ring is 1. The van der Waals surface area contributed by atoms with Gasteiger partial charge in [0.05, 0.1) is 5.92 Å². The molecule has 1 heterocycles. The van der Waals surface area contributed by atoms with Crippen LogP contribution in [0.2, 0.25) is 0 Å². The number of hydrogen-bond donors (Lipinski definition) is 1. The number of rotatable bonds is 2. The first-order chi connectivity index (χ1) is 7.56. The number of carbonyl (C=O) groups excluding carboxylic acids is 1. The van der Waals surface area contributed by atoms with E-state index in [-0.39, 0.29) is 11.8 Å². The van der Waals surface area contributed by atoms with E-state index in [0.29, 0.717) is 5.69 Å². The lowest BCUT2D eigenvalue weighted by atomic mass is 10.0. The van der Waals surface area contributed by atoms with Crippen molar-refractivity contribution >= 4 is 33.2 Å². The van der Waals surface area contributed by atoms with Crippen LogP contribution < -0.4 is 10.6 Å². The highest BCUT2D eigenvalue weighted by Gasteiger charge is 2.34. The Labute approximate surface area is 104 Å².